The molecule has 1 heterocycles. The largest absolute Gasteiger partial charge is 2.00 e. The van der Waals surface area contributed by atoms with Gasteiger partial charge in [-0.3, -0.25) is 19.3 Å². The number of methoxy groups -OCH3 is 1. The normalized spacial score (nSPS) is 19.8. The van der Waals surface area contributed by atoms with E-state index in [1.54, 1.807) is 7.05 Å². The first kappa shape index (κ1) is 56.9. The summed E-state index contributed by atoms with van der Waals surface area (Å²) in [5.74, 6) is -0.443. The van der Waals surface area contributed by atoms with Gasteiger partial charge in [0.05, 0.1) is 18.4 Å². The number of ether oxygens (including phenoxy) is 1. The van der Waals surface area contributed by atoms with Crippen LogP contribution in [0.25, 0.3) is 0 Å². The molecule has 2 rings (SSSR count). The van der Waals surface area contributed by atoms with E-state index >= 15 is 0 Å². The number of halogens is 6. The van der Waals surface area contributed by atoms with Crippen molar-refractivity contribution in [3.05, 3.63) is 12.2 Å². The van der Waals surface area contributed by atoms with Gasteiger partial charge in [-0.2, -0.15) is 26.3 Å². The van der Waals surface area contributed by atoms with Crippen LogP contribution in [-0.2, 0) is 59.1 Å². The van der Waals surface area contributed by atoms with Crippen LogP contribution in [0.1, 0.15) is 33.1 Å². The molecule has 0 bridgehead atoms. The summed E-state index contributed by atoms with van der Waals surface area (Å²) in [5, 5.41) is 0. The molecule has 2 aliphatic rings. The Morgan fingerprint density at radius 1 is 0.860 bits per heavy atom. The van der Waals surface area contributed by atoms with Crippen LogP contribution in [0, 0.1) is 23.2 Å². The van der Waals surface area contributed by atoms with Crippen molar-refractivity contribution in [2.24, 2.45) is 23.2 Å². The Morgan fingerprint density at radius 2 is 1.21 bits per heavy atom. The van der Waals surface area contributed by atoms with Crippen molar-refractivity contribution >= 4 is 38.0 Å². The van der Waals surface area contributed by atoms with E-state index < -0.39 is 36.7 Å². The van der Waals surface area contributed by atoms with E-state index in [2.05, 4.69) is 0 Å². The van der Waals surface area contributed by atoms with Crippen molar-refractivity contribution in [2.45, 2.75) is 44.1 Å². The first-order valence-electron chi connectivity index (χ1n) is 9.90. The first-order valence-corrected chi connectivity index (χ1v) is 12.7. The van der Waals surface area contributed by atoms with Gasteiger partial charge in [0.25, 0.3) is 0 Å². The van der Waals surface area contributed by atoms with Crippen LogP contribution in [0.2, 0.25) is 0 Å². The molecule has 262 valence electrons. The summed E-state index contributed by atoms with van der Waals surface area (Å²) in [4.78, 5) is 36.7. The molecule has 2 amide bonds. The number of carbonyl (C=O) groups excluding carboxylic acids is 3. The molecule has 15 N–H and O–H groups in total. The molecule has 1 aliphatic heterocycles. The topological polar surface area (TPSA) is 353 Å². The second-order valence-electron chi connectivity index (χ2n) is 8.35. The Labute approximate surface area is 258 Å². The maximum Gasteiger partial charge on any atom is 2.00 e. The third-order valence-corrected chi connectivity index (χ3v) is 6.67. The number of hydrogen-bond donors (Lipinski definition) is 5. The fraction of sp³-hybridized carbons (Fsp3) is 0.722. The average molecular weight is 867 g/mol. The molecular formula is C18H38F6N6O10OsS2. The number of allylic oxidation sites excluding steroid dienone is 2. The molecule has 0 spiro atoms. The van der Waals surface area contributed by atoms with Crippen molar-refractivity contribution in [1.82, 2.24) is 35.7 Å². The molecule has 0 saturated carbocycles. The number of hydrogen-bond acceptors (Lipinski definition) is 15. The van der Waals surface area contributed by atoms with Crippen LogP contribution in [0.15, 0.2) is 12.2 Å². The van der Waals surface area contributed by atoms with Gasteiger partial charge in [0.1, 0.15) is 0 Å². The summed E-state index contributed by atoms with van der Waals surface area (Å²) in [6, 6.07) is 0. The van der Waals surface area contributed by atoms with Crippen LogP contribution in [-0.4, -0.2) is 73.8 Å². The van der Waals surface area contributed by atoms with E-state index in [4.69, 9.17) is 30.7 Å². The Hall–Kier alpha value is -1.81. The van der Waals surface area contributed by atoms with E-state index in [1.807, 2.05) is 26.0 Å². The maximum atomic E-state index is 12.0. The zero-order valence-electron chi connectivity index (χ0n) is 23.5. The second kappa shape index (κ2) is 20.3. The second-order valence-corrected chi connectivity index (χ2v) is 11.1. The number of imide groups is 1. The summed E-state index contributed by atoms with van der Waals surface area (Å²) in [6.07, 6.45) is 5.97. The standard InChI is InChI=1S/C16H23NO4.2CHF3O3S.5H3N.Os/c1-16(2,15(20)21-4)11-7-5-10(6-8-11)12-9-13(18)17(3)14(12)19;2*2-1(3,4)8(5,6)7;;;;;;/h5,7,10-12H,6,8-9H2,1-4H3;2*(H,5,6,7);5*1H3;/q;;;;;;;;+2/p-2/t10-,11+,12+;;;;;;;;/m1......../s1. The van der Waals surface area contributed by atoms with Gasteiger partial charge in [0.2, 0.25) is 11.8 Å². The number of carbonyl (C=O) groups is 3. The van der Waals surface area contributed by atoms with Crippen molar-refractivity contribution in [2.75, 3.05) is 14.2 Å². The smallest absolute Gasteiger partial charge is 0.741 e. The molecule has 0 aromatic rings. The fourth-order valence-electron chi connectivity index (χ4n) is 3.31. The van der Waals surface area contributed by atoms with Crippen LogP contribution in [0.5, 0.6) is 0 Å². The number of alkyl halides is 6. The molecule has 0 aromatic carbocycles. The molecule has 25 heteroatoms. The Balaban J connectivity index is -0.000000101. The molecule has 1 saturated heterocycles. The monoisotopic (exact) mass is 868 g/mol. The molecule has 43 heavy (non-hydrogen) atoms. The summed E-state index contributed by atoms with van der Waals surface area (Å²) >= 11 is 0. The fourth-order valence-corrected chi connectivity index (χ4v) is 3.31. The van der Waals surface area contributed by atoms with E-state index in [0.717, 1.165) is 12.8 Å². The third kappa shape index (κ3) is 16.2. The van der Waals surface area contributed by atoms with Crippen molar-refractivity contribution in [1.29, 1.82) is 0 Å². The number of esters is 1. The van der Waals surface area contributed by atoms with Crippen molar-refractivity contribution in [3.8, 4) is 0 Å². The van der Waals surface area contributed by atoms with E-state index in [9.17, 15) is 40.7 Å². The van der Waals surface area contributed by atoms with Gasteiger partial charge in [-0.1, -0.05) is 12.2 Å². The van der Waals surface area contributed by atoms with E-state index in [0.29, 0.717) is 6.42 Å². The predicted octanol–water partition coefficient (Wildman–Crippen LogP) is 2.68. The van der Waals surface area contributed by atoms with Gasteiger partial charge in [0.15, 0.2) is 20.2 Å². The zero-order chi connectivity index (χ0) is 29.8. The molecule has 1 aliphatic carbocycles. The number of likely N-dealkylation sites (tertiary alicyclic amines) is 1. The van der Waals surface area contributed by atoms with Crippen molar-refractivity contribution in [3.63, 3.8) is 0 Å². The Kier molecular flexibility index (Phi) is 26.8. The van der Waals surface area contributed by atoms with Gasteiger partial charge in [-0.15, -0.1) is 0 Å². The number of nitrogens with zero attached hydrogens (tertiary/aromatic N) is 1. The summed E-state index contributed by atoms with van der Waals surface area (Å²) in [7, 11) is -9.24. The van der Waals surface area contributed by atoms with Gasteiger partial charge in [-0.25, -0.2) is 16.8 Å². The van der Waals surface area contributed by atoms with Gasteiger partial charge in [0, 0.05) is 13.5 Å². The maximum absolute atomic E-state index is 12.0. The molecule has 0 aromatic heterocycles. The predicted molar refractivity (Wildman–Crippen MR) is 134 cm³/mol. The quantitative estimate of drug-likeness (QED) is 0.0680. The minimum absolute atomic E-state index is 0. The van der Waals surface area contributed by atoms with Crippen LogP contribution in [0.4, 0.5) is 26.3 Å². The SMILES string of the molecule is COC(=O)C(C)(C)[C@H]1C=C[C@@H]([C@@H]2CC(=O)N(C)C2=O)CC1.N.N.N.N.N.O=S(=O)([O-])C(F)(F)F.O=S(=O)([O-])C(F)(F)F.[Os+2]. The van der Waals surface area contributed by atoms with Gasteiger partial charge >= 0.3 is 36.8 Å². The Bertz CT molecular complexity index is 1080. The number of rotatable bonds is 3. The summed E-state index contributed by atoms with van der Waals surface area (Å²) < 4.78 is 123. The molecule has 16 nitrogen and oxygen atoms in total. The van der Waals surface area contributed by atoms with Gasteiger partial charge < -0.3 is 44.6 Å². The summed E-state index contributed by atoms with van der Waals surface area (Å²) in [5.41, 5.74) is -11.9. The molecule has 1 fully saturated rings. The molecule has 3 atom stereocenters. The molecular weight excluding hydrogens is 829 g/mol. The summed E-state index contributed by atoms with van der Waals surface area (Å²) in [6.45, 7) is 3.76. The number of amides is 2. The van der Waals surface area contributed by atoms with E-state index in [1.165, 1.54) is 12.0 Å². The van der Waals surface area contributed by atoms with Crippen LogP contribution >= 0.6 is 0 Å². The van der Waals surface area contributed by atoms with E-state index in [-0.39, 0.29) is 86.1 Å². The third-order valence-electron chi connectivity index (χ3n) is 5.54. The van der Waals surface area contributed by atoms with Crippen molar-refractivity contribution < 1.29 is 91.2 Å². The van der Waals surface area contributed by atoms with Crippen LogP contribution in [0.3, 0.4) is 0 Å². The Morgan fingerprint density at radius 3 is 1.42 bits per heavy atom. The van der Waals surface area contributed by atoms with Gasteiger partial charge in [-0.05, 0) is 38.5 Å². The van der Waals surface area contributed by atoms with Crippen LogP contribution < -0.4 is 30.8 Å². The minimum Gasteiger partial charge on any atom is -0.741 e. The molecule has 0 radical (unpaired) electrons. The first-order chi connectivity index (χ1) is 16.3. The minimum atomic E-state index is -6.09. The average Bonchev–Trinajstić information content (AvgIpc) is 2.98. The zero-order valence-corrected chi connectivity index (χ0v) is 27.7. The molecule has 0 unspecified atom stereocenters.